The van der Waals surface area contributed by atoms with Gasteiger partial charge in [-0.25, -0.2) is 0 Å². The second-order valence-electron chi connectivity index (χ2n) is 4.85. The summed E-state index contributed by atoms with van der Waals surface area (Å²) in [7, 11) is 2.16. The van der Waals surface area contributed by atoms with Crippen molar-refractivity contribution in [3.8, 4) is 0 Å². The third-order valence-electron chi connectivity index (χ3n) is 3.30. The molecule has 0 radical (unpaired) electrons. The van der Waals surface area contributed by atoms with Crippen LogP contribution in [-0.4, -0.2) is 20.1 Å². The zero-order valence-corrected chi connectivity index (χ0v) is 11.8. The van der Waals surface area contributed by atoms with Crippen LogP contribution in [0.5, 0.6) is 0 Å². The van der Waals surface area contributed by atoms with E-state index in [1.54, 1.807) is 0 Å². The molecule has 100 valence electrons. The van der Waals surface area contributed by atoms with E-state index in [0.717, 1.165) is 19.5 Å². The van der Waals surface area contributed by atoms with Crippen molar-refractivity contribution in [2.24, 2.45) is 0 Å². The predicted octanol–water partition coefficient (Wildman–Crippen LogP) is 3.93. The van der Waals surface area contributed by atoms with E-state index in [1.807, 2.05) is 6.07 Å². The maximum atomic E-state index is 3.44. The van der Waals surface area contributed by atoms with Gasteiger partial charge in [0.15, 0.2) is 0 Å². The Bertz CT molecular complexity index is 494. The molecule has 0 amide bonds. The number of aryl methyl sites for hydroxylation is 1. The van der Waals surface area contributed by atoms with E-state index in [9.17, 15) is 0 Å². The number of rotatable bonds is 6. The molecule has 0 aliphatic carbocycles. The molecule has 0 saturated carbocycles. The Kier molecular flexibility index (Phi) is 4.85. The largest absolute Gasteiger partial charge is 0.385 e. The molecule has 19 heavy (non-hydrogen) atoms. The van der Waals surface area contributed by atoms with Crippen molar-refractivity contribution < 1.29 is 0 Å². The van der Waals surface area contributed by atoms with Crippen LogP contribution in [0.25, 0.3) is 0 Å². The summed E-state index contributed by atoms with van der Waals surface area (Å²) in [6.45, 7) is 4.22. The molecule has 0 fully saturated rings. The molecule has 0 saturated heterocycles. The molecule has 0 heterocycles. The zero-order valence-electron chi connectivity index (χ0n) is 11.8. The molecule has 2 heteroatoms. The molecule has 2 nitrogen and oxygen atoms in total. The number of anilines is 2. The van der Waals surface area contributed by atoms with E-state index in [2.05, 4.69) is 72.7 Å². The van der Waals surface area contributed by atoms with Gasteiger partial charge < -0.3 is 10.2 Å². The van der Waals surface area contributed by atoms with Crippen molar-refractivity contribution in [3.63, 3.8) is 0 Å². The molecule has 0 unspecified atom stereocenters. The van der Waals surface area contributed by atoms with Crippen LogP contribution in [-0.2, 0) is 0 Å². The number of hydrogen-bond donors (Lipinski definition) is 1. The number of benzene rings is 2. The Labute approximate surface area is 116 Å². The molecule has 2 aromatic carbocycles. The first-order valence-electron chi connectivity index (χ1n) is 6.83. The average Bonchev–Trinajstić information content (AvgIpc) is 2.45. The van der Waals surface area contributed by atoms with Crippen molar-refractivity contribution in [1.29, 1.82) is 0 Å². The fourth-order valence-corrected chi connectivity index (χ4v) is 2.22. The normalized spacial score (nSPS) is 10.2. The quantitative estimate of drug-likeness (QED) is 0.786. The van der Waals surface area contributed by atoms with E-state index in [1.165, 1.54) is 16.9 Å². The van der Waals surface area contributed by atoms with E-state index >= 15 is 0 Å². The summed E-state index contributed by atoms with van der Waals surface area (Å²) in [5, 5.41) is 3.44. The lowest BCUT2D eigenvalue weighted by molar-refractivity contribution is 0.814. The Morgan fingerprint density at radius 1 is 0.947 bits per heavy atom. The van der Waals surface area contributed by atoms with Gasteiger partial charge in [0, 0.05) is 31.5 Å². The maximum Gasteiger partial charge on any atom is 0.0393 e. The van der Waals surface area contributed by atoms with Gasteiger partial charge in [0.25, 0.3) is 0 Å². The highest BCUT2D eigenvalue weighted by atomic mass is 15.1. The molecule has 2 rings (SSSR count). The number of para-hydroxylation sites is 2. The predicted molar refractivity (Wildman–Crippen MR) is 84.0 cm³/mol. The summed E-state index contributed by atoms with van der Waals surface area (Å²) < 4.78 is 0. The topological polar surface area (TPSA) is 15.3 Å². The van der Waals surface area contributed by atoms with Gasteiger partial charge in [-0.1, -0.05) is 36.4 Å². The third-order valence-corrected chi connectivity index (χ3v) is 3.30. The first kappa shape index (κ1) is 13.5. The van der Waals surface area contributed by atoms with Crippen LogP contribution in [0.2, 0.25) is 0 Å². The minimum atomic E-state index is 1.00. The summed E-state index contributed by atoms with van der Waals surface area (Å²) in [6, 6.07) is 18.9. The Morgan fingerprint density at radius 2 is 1.63 bits per heavy atom. The van der Waals surface area contributed by atoms with E-state index < -0.39 is 0 Å². The van der Waals surface area contributed by atoms with Crippen LogP contribution in [0.3, 0.4) is 0 Å². The summed E-state index contributed by atoms with van der Waals surface area (Å²) in [5.74, 6) is 0. The smallest absolute Gasteiger partial charge is 0.0393 e. The Hall–Kier alpha value is -1.96. The lowest BCUT2D eigenvalue weighted by atomic mass is 10.2. The fourth-order valence-electron chi connectivity index (χ4n) is 2.22. The number of nitrogens with one attached hydrogen (secondary N) is 1. The van der Waals surface area contributed by atoms with Gasteiger partial charge in [0.05, 0.1) is 0 Å². The van der Waals surface area contributed by atoms with Gasteiger partial charge in [-0.15, -0.1) is 0 Å². The minimum absolute atomic E-state index is 1.00. The van der Waals surface area contributed by atoms with Crippen molar-refractivity contribution >= 4 is 11.4 Å². The van der Waals surface area contributed by atoms with Crippen LogP contribution in [0.1, 0.15) is 12.0 Å². The number of hydrogen-bond acceptors (Lipinski definition) is 2. The van der Waals surface area contributed by atoms with Crippen molar-refractivity contribution in [2.45, 2.75) is 13.3 Å². The molecular weight excluding hydrogens is 232 g/mol. The minimum Gasteiger partial charge on any atom is -0.385 e. The second-order valence-corrected chi connectivity index (χ2v) is 4.85. The SMILES string of the molecule is Cc1ccccc1N(C)CCCNc1ccccc1. The molecule has 0 aliphatic rings. The molecule has 0 spiro atoms. The summed E-state index contributed by atoms with van der Waals surface area (Å²) in [5.41, 5.74) is 3.85. The summed E-state index contributed by atoms with van der Waals surface area (Å²) in [4.78, 5) is 2.32. The Balaban J connectivity index is 1.76. The summed E-state index contributed by atoms with van der Waals surface area (Å²) >= 11 is 0. The van der Waals surface area contributed by atoms with E-state index in [4.69, 9.17) is 0 Å². The van der Waals surface area contributed by atoms with Crippen LogP contribution in [0, 0.1) is 6.92 Å². The first-order valence-corrected chi connectivity index (χ1v) is 6.83. The molecule has 2 aromatic rings. The molecule has 0 aliphatic heterocycles. The van der Waals surface area contributed by atoms with E-state index in [0.29, 0.717) is 0 Å². The van der Waals surface area contributed by atoms with Crippen molar-refractivity contribution in [1.82, 2.24) is 0 Å². The van der Waals surface area contributed by atoms with Crippen LogP contribution in [0.4, 0.5) is 11.4 Å². The van der Waals surface area contributed by atoms with Gasteiger partial charge in [-0.05, 0) is 37.1 Å². The Morgan fingerprint density at radius 3 is 2.37 bits per heavy atom. The van der Waals surface area contributed by atoms with E-state index in [-0.39, 0.29) is 0 Å². The molecule has 0 bridgehead atoms. The molecular formula is C17H22N2. The molecule has 1 N–H and O–H groups in total. The first-order chi connectivity index (χ1) is 9.27. The highest BCUT2D eigenvalue weighted by Crippen LogP contribution is 2.17. The average molecular weight is 254 g/mol. The number of nitrogens with zero attached hydrogens (tertiary/aromatic N) is 1. The van der Waals surface area contributed by atoms with Crippen molar-refractivity contribution in [2.75, 3.05) is 30.4 Å². The van der Waals surface area contributed by atoms with Crippen LogP contribution >= 0.6 is 0 Å². The zero-order chi connectivity index (χ0) is 13.5. The summed E-state index contributed by atoms with van der Waals surface area (Å²) in [6.07, 6.45) is 1.12. The van der Waals surface area contributed by atoms with Crippen molar-refractivity contribution in [3.05, 3.63) is 60.2 Å². The lowest BCUT2D eigenvalue weighted by Crippen LogP contribution is -2.21. The van der Waals surface area contributed by atoms with Gasteiger partial charge in [-0.3, -0.25) is 0 Å². The van der Waals surface area contributed by atoms with Crippen LogP contribution in [0.15, 0.2) is 54.6 Å². The fraction of sp³-hybridized carbons (Fsp3) is 0.294. The standard InChI is InChI=1S/C17H22N2/c1-15-9-6-7-12-17(15)19(2)14-8-13-18-16-10-4-3-5-11-16/h3-7,9-12,18H,8,13-14H2,1-2H3. The highest BCUT2D eigenvalue weighted by molar-refractivity contribution is 5.52. The molecule has 0 atom stereocenters. The monoisotopic (exact) mass is 254 g/mol. The third kappa shape index (κ3) is 4.02. The van der Waals surface area contributed by atoms with Gasteiger partial charge in [-0.2, -0.15) is 0 Å². The highest BCUT2D eigenvalue weighted by Gasteiger charge is 2.02. The second kappa shape index (κ2) is 6.83. The van der Waals surface area contributed by atoms with Crippen LogP contribution < -0.4 is 10.2 Å². The van der Waals surface area contributed by atoms with Gasteiger partial charge in [0.2, 0.25) is 0 Å². The van der Waals surface area contributed by atoms with Gasteiger partial charge in [0.1, 0.15) is 0 Å². The maximum absolute atomic E-state index is 3.44. The molecule has 0 aromatic heterocycles. The lowest BCUT2D eigenvalue weighted by Gasteiger charge is -2.21. The van der Waals surface area contributed by atoms with Gasteiger partial charge >= 0.3 is 0 Å².